The Morgan fingerprint density at radius 1 is 1.21 bits per heavy atom. The third-order valence-corrected chi connectivity index (χ3v) is 5.02. The molecule has 0 saturated carbocycles. The number of amides is 1. The molecule has 1 saturated heterocycles. The summed E-state index contributed by atoms with van der Waals surface area (Å²) in [5.41, 5.74) is 0.485. The van der Waals surface area contributed by atoms with Crippen LogP contribution in [0.15, 0.2) is 18.2 Å². The topological polar surface area (TPSA) is 97.3 Å². The number of carboxylic acid groups (broad SMARTS) is 1. The van der Waals surface area contributed by atoms with E-state index in [0.29, 0.717) is 49.8 Å². The average molecular weight is 408 g/mol. The average Bonchev–Trinajstić information content (AvgIpc) is 2.71. The Hall–Kier alpha value is -2.32. The van der Waals surface area contributed by atoms with Crippen molar-refractivity contribution in [2.45, 2.75) is 38.8 Å². The van der Waals surface area contributed by atoms with Gasteiger partial charge in [-0.15, -0.1) is 0 Å². The minimum atomic E-state index is -0.838. The van der Waals surface area contributed by atoms with E-state index in [0.717, 1.165) is 6.42 Å². The van der Waals surface area contributed by atoms with E-state index in [4.69, 9.17) is 14.2 Å². The van der Waals surface area contributed by atoms with Crippen molar-refractivity contribution in [1.82, 2.24) is 10.2 Å². The molecule has 8 heteroatoms. The van der Waals surface area contributed by atoms with Crippen LogP contribution in [0.25, 0.3) is 0 Å². The van der Waals surface area contributed by atoms with Gasteiger partial charge in [0.25, 0.3) is 5.91 Å². The summed E-state index contributed by atoms with van der Waals surface area (Å²) >= 11 is 0. The molecule has 0 unspecified atom stereocenters. The molecule has 1 aliphatic rings. The first-order chi connectivity index (χ1) is 13.9. The van der Waals surface area contributed by atoms with E-state index in [1.54, 1.807) is 37.3 Å². The van der Waals surface area contributed by atoms with Gasteiger partial charge in [0.05, 0.1) is 19.6 Å². The van der Waals surface area contributed by atoms with Gasteiger partial charge in [0.15, 0.2) is 11.5 Å². The molecule has 29 heavy (non-hydrogen) atoms. The number of methoxy groups -OCH3 is 2. The van der Waals surface area contributed by atoms with Crippen molar-refractivity contribution < 1.29 is 28.9 Å². The lowest BCUT2D eigenvalue weighted by atomic mass is 9.93. The summed E-state index contributed by atoms with van der Waals surface area (Å²) in [5, 5.41) is 12.5. The number of piperidine rings is 1. The van der Waals surface area contributed by atoms with Crippen LogP contribution in [0.3, 0.4) is 0 Å². The number of nitrogens with zero attached hydrogens (tertiary/aromatic N) is 1. The number of hydrogen-bond acceptors (Lipinski definition) is 6. The smallest absolute Gasteiger partial charge is 0.307 e. The molecule has 0 bridgehead atoms. The van der Waals surface area contributed by atoms with E-state index >= 15 is 0 Å². The number of rotatable bonds is 10. The number of aliphatic carboxylic acids is 1. The monoisotopic (exact) mass is 408 g/mol. The minimum absolute atomic E-state index is 0.0741. The molecule has 0 aliphatic carbocycles. The molecule has 1 heterocycles. The zero-order valence-electron chi connectivity index (χ0n) is 17.6. The number of nitrogens with one attached hydrogen (secondary N) is 1. The van der Waals surface area contributed by atoms with Crippen molar-refractivity contribution in [3.63, 3.8) is 0 Å². The third-order valence-electron chi connectivity index (χ3n) is 5.02. The van der Waals surface area contributed by atoms with Gasteiger partial charge in [-0.05, 0) is 38.5 Å². The molecule has 2 N–H and O–H groups in total. The molecule has 0 aromatic heterocycles. The van der Waals surface area contributed by atoms with Crippen LogP contribution in [0, 0.1) is 5.92 Å². The summed E-state index contributed by atoms with van der Waals surface area (Å²) in [6.07, 6.45) is 1.16. The minimum Gasteiger partial charge on any atom is -0.493 e. The predicted octanol–water partition coefficient (Wildman–Crippen LogP) is 2.02. The van der Waals surface area contributed by atoms with Crippen molar-refractivity contribution in [2.24, 2.45) is 5.92 Å². The molecule has 1 aromatic rings. The Bertz CT molecular complexity index is 694. The number of hydrogen-bond donors (Lipinski definition) is 2. The highest BCUT2D eigenvalue weighted by molar-refractivity contribution is 5.95. The van der Waals surface area contributed by atoms with Crippen LogP contribution in [-0.4, -0.2) is 74.5 Å². The molecule has 0 radical (unpaired) electrons. The number of ether oxygens (including phenoxy) is 3. The predicted molar refractivity (Wildman–Crippen MR) is 109 cm³/mol. The highest BCUT2D eigenvalue weighted by Gasteiger charge is 2.34. The van der Waals surface area contributed by atoms with Crippen LogP contribution in [-0.2, 0) is 9.53 Å². The highest BCUT2D eigenvalue weighted by atomic mass is 16.5. The van der Waals surface area contributed by atoms with Gasteiger partial charge >= 0.3 is 5.97 Å². The van der Waals surface area contributed by atoms with Crippen LogP contribution in [0.5, 0.6) is 11.5 Å². The summed E-state index contributed by atoms with van der Waals surface area (Å²) in [4.78, 5) is 26.5. The first-order valence-electron chi connectivity index (χ1n) is 9.95. The second-order valence-corrected chi connectivity index (χ2v) is 7.45. The van der Waals surface area contributed by atoms with Gasteiger partial charge in [0.1, 0.15) is 0 Å². The Morgan fingerprint density at radius 2 is 1.97 bits per heavy atom. The number of benzene rings is 1. The normalized spacial score (nSPS) is 19.1. The van der Waals surface area contributed by atoms with Crippen molar-refractivity contribution in [1.29, 1.82) is 0 Å². The second kappa shape index (κ2) is 11.0. The summed E-state index contributed by atoms with van der Waals surface area (Å²) in [5.74, 6) is -0.432. The lowest BCUT2D eigenvalue weighted by Gasteiger charge is -2.39. The van der Waals surface area contributed by atoms with E-state index in [9.17, 15) is 14.7 Å². The van der Waals surface area contributed by atoms with E-state index in [-0.39, 0.29) is 18.0 Å². The van der Waals surface area contributed by atoms with Gasteiger partial charge in [0, 0.05) is 50.9 Å². The molecule has 1 fully saturated rings. The molecule has 1 aliphatic heterocycles. The Balaban J connectivity index is 2.21. The lowest BCUT2D eigenvalue weighted by molar-refractivity contribution is -0.143. The zero-order chi connectivity index (χ0) is 21.4. The number of carbonyl (C=O) groups is 2. The maximum absolute atomic E-state index is 13.3. The van der Waals surface area contributed by atoms with Gasteiger partial charge in [0.2, 0.25) is 0 Å². The molecular formula is C21H32N2O6. The molecule has 1 amide bonds. The fraction of sp³-hybridized carbons (Fsp3) is 0.619. The van der Waals surface area contributed by atoms with E-state index in [1.165, 1.54) is 0 Å². The van der Waals surface area contributed by atoms with Crippen molar-refractivity contribution >= 4 is 11.9 Å². The Labute approximate surface area is 172 Å². The summed E-state index contributed by atoms with van der Waals surface area (Å²) < 4.78 is 16.2. The Kier molecular flexibility index (Phi) is 8.72. The molecular weight excluding hydrogens is 376 g/mol. The first kappa shape index (κ1) is 23.0. The summed E-state index contributed by atoms with van der Waals surface area (Å²) in [7, 11) is 3.19. The summed E-state index contributed by atoms with van der Waals surface area (Å²) in [6, 6.07) is 4.86. The zero-order valence-corrected chi connectivity index (χ0v) is 17.6. The van der Waals surface area contributed by atoms with Crippen LogP contribution >= 0.6 is 0 Å². The van der Waals surface area contributed by atoms with Gasteiger partial charge < -0.3 is 29.5 Å². The lowest BCUT2D eigenvalue weighted by Crippen LogP contribution is -2.54. The van der Waals surface area contributed by atoms with Crippen molar-refractivity contribution in [3.8, 4) is 11.5 Å². The van der Waals surface area contributed by atoms with Gasteiger partial charge in [-0.1, -0.05) is 0 Å². The quantitative estimate of drug-likeness (QED) is 0.572. The molecule has 2 rings (SSSR count). The molecule has 2 atom stereocenters. The number of carbonyl (C=O) groups excluding carboxylic acids is 1. The SMILES string of the molecule is COCCCOc1cc(C(=O)N(C(C)C)[C@H]2CNC[C@H](C(=O)O)C2)ccc1OC. The van der Waals surface area contributed by atoms with E-state index in [2.05, 4.69) is 5.32 Å². The van der Waals surface area contributed by atoms with Crippen LogP contribution in [0.1, 0.15) is 37.0 Å². The number of carboxylic acids is 1. The Morgan fingerprint density at radius 3 is 2.59 bits per heavy atom. The summed E-state index contributed by atoms with van der Waals surface area (Å²) in [6.45, 7) is 5.91. The van der Waals surface area contributed by atoms with Crippen molar-refractivity contribution in [2.75, 3.05) is 40.5 Å². The standard InChI is InChI=1S/C21H32N2O6/c1-14(2)23(17-10-16(21(25)26)12-22-13-17)20(24)15-6-7-18(28-4)19(11-15)29-9-5-8-27-3/h6-7,11,14,16-17,22H,5,8-10,12-13H2,1-4H3,(H,25,26)/t16-,17-/m1/s1. The molecule has 162 valence electrons. The molecule has 8 nitrogen and oxygen atoms in total. The van der Waals surface area contributed by atoms with Gasteiger partial charge in [-0.2, -0.15) is 0 Å². The van der Waals surface area contributed by atoms with Crippen LogP contribution < -0.4 is 14.8 Å². The maximum atomic E-state index is 13.3. The highest BCUT2D eigenvalue weighted by Crippen LogP contribution is 2.30. The fourth-order valence-corrected chi connectivity index (χ4v) is 3.60. The van der Waals surface area contributed by atoms with Crippen LogP contribution in [0.4, 0.5) is 0 Å². The van der Waals surface area contributed by atoms with Gasteiger partial charge in [-0.25, -0.2) is 0 Å². The van der Waals surface area contributed by atoms with Gasteiger partial charge in [-0.3, -0.25) is 9.59 Å². The molecule has 0 spiro atoms. The second-order valence-electron chi connectivity index (χ2n) is 7.45. The largest absolute Gasteiger partial charge is 0.493 e. The first-order valence-corrected chi connectivity index (χ1v) is 9.95. The van der Waals surface area contributed by atoms with Crippen molar-refractivity contribution in [3.05, 3.63) is 23.8 Å². The third kappa shape index (κ3) is 6.08. The van der Waals surface area contributed by atoms with E-state index < -0.39 is 11.9 Å². The maximum Gasteiger partial charge on any atom is 0.307 e. The fourth-order valence-electron chi connectivity index (χ4n) is 3.60. The van der Waals surface area contributed by atoms with E-state index in [1.807, 2.05) is 13.8 Å². The van der Waals surface area contributed by atoms with Crippen LogP contribution in [0.2, 0.25) is 0 Å². The molecule has 1 aromatic carbocycles.